The largest absolute Gasteiger partial charge is 0.395 e. The summed E-state index contributed by atoms with van der Waals surface area (Å²) in [5.41, 5.74) is 3.89. The minimum Gasteiger partial charge on any atom is -0.395 e. The number of ketones is 1. The van der Waals surface area contributed by atoms with Gasteiger partial charge in [0, 0.05) is 16.1 Å². The molecule has 2 aromatic rings. The molecule has 0 bridgehead atoms. The standard InChI is InChI=1S/C22H23ClO6S/c1-11(25)13-4-2-12(3-5-13)6-14-7-16-15(8-17(14)23)10-29-22(16)21(28)20(27)19(26)18(9-24)30-22/h2-5,7-8,18-21,24,26-28H,6,9-10H2,1H3/t18-,19-,20+,21-,22+/m1/s1. The van der Waals surface area contributed by atoms with Gasteiger partial charge in [0.1, 0.15) is 12.2 Å². The molecule has 0 saturated carbocycles. The Bertz CT molecular complexity index is 963. The van der Waals surface area contributed by atoms with E-state index in [0.717, 1.165) is 28.5 Å². The number of Topliss-reactive ketones (excluding diaryl/α,β-unsaturated/α-hetero) is 1. The van der Waals surface area contributed by atoms with Gasteiger partial charge in [-0.3, -0.25) is 4.79 Å². The van der Waals surface area contributed by atoms with Gasteiger partial charge in [-0.1, -0.05) is 35.9 Å². The van der Waals surface area contributed by atoms with Gasteiger partial charge in [-0.15, -0.1) is 11.8 Å². The van der Waals surface area contributed by atoms with Crippen molar-refractivity contribution in [3.05, 3.63) is 69.2 Å². The number of ether oxygens (including phenoxy) is 1. The molecule has 30 heavy (non-hydrogen) atoms. The highest BCUT2D eigenvalue weighted by Crippen LogP contribution is 2.54. The number of aliphatic hydroxyl groups is 4. The van der Waals surface area contributed by atoms with E-state index in [1.54, 1.807) is 18.2 Å². The smallest absolute Gasteiger partial charge is 0.168 e. The summed E-state index contributed by atoms with van der Waals surface area (Å²) in [6, 6.07) is 10.9. The fraction of sp³-hybridized carbons (Fsp3) is 0.409. The highest BCUT2D eigenvalue weighted by atomic mass is 35.5. The molecule has 0 aliphatic carbocycles. The Morgan fingerprint density at radius 3 is 2.53 bits per heavy atom. The molecular formula is C22H23ClO6S. The van der Waals surface area contributed by atoms with Gasteiger partial charge in [-0.2, -0.15) is 0 Å². The number of carbonyl (C=O) groups excluding carboxylic acids is 1. The summed E-state index contributed by atoms with van der Waals surface area (Å²) in [6.45, 7) is 1.36. The third-order valence-electron chi connectivity index (χ3n) is 5.79. The lowest BCUT2D eigenvalue weighted by atomic mass is 9.91. The normalized spacial score (nSPS) is 30.5. The summed E-state index contributed by atoms with van der Waals surface area (Å²) in [4.78, 5) is 10.2. The zero-order valence-electron chi connectivity index (χ0n) is 16.3. The maximum atomic E-state index is 11.5. The van der Waals surface area contributed by atoms with Gasteiger partial charge < -0.3 is 25.2 Å². The quantitative estimate of drug-likeness (QED) is 0.528. The van der Waals surface area contributed by atoms with E-state index in [1.165, 1.54) is 6.92 Å². The molecule has 0 amide bonds. The van der Waals surface area contributed by atoms with Crippen LogP contribution in [0.15, 0.2) is 36.4 Å². The molecule has 2 aliphatic rings. The second-order valence-corrected chi connectivity index (χ2v) is 9.61. The number of rotatable bonds is 4. The lowest BCUT2D eigenvalue weighted by Crippen LogP contribution is -2.58. The first-order valence-electron chi connectivity index (χ1n) is 9.65. The number of hydrogen-bond donors (Lipinski definition) is 4. The molecule has 4 rings (SSSR count). The van der Waals surface area contributed by atoms with Gasteiger partial charge >= 0.3 is 0 Å². The summed E-state index contributed by atoms with van der Waals surface area (Å²) in [6.07, 6.45) is -3.58. The molecule has 5 atom stereocenters. The monoisotopic (exact) mass is 450 g/mol. The lowest BCUT2D eigenvalue weighted by molar-refractivity contribution is -0.147. The van der Waals surface area contributed by atoms with Crippen molar-refractivity contribution in [1.82, 2.24) is 0 Å². The van der Waals surface area contributed by atoms with Crippen LogP contribution in [-0.4, -0.2) is 56.4 Å². The van der Waals surface area contributed by atoms with Gasteiger partial charge in [0.25, 0.3) is 0 Å². The predicted molar refractivity (Wildman–Crippen MR) is 114 cm³/mol. The summed E-state index contributed by atoms with van der Waals surface area (Å²) < 4.78 is 5.95. The Morgan fingerprint density at radius 1 is 1.20 bits per heavy atom. The van der Waals surface area contributed by atoms with Crippen molar-refractivity contribution in [2.24, 2.45) is 0 Å². The first-order chi connectivity index (χ1) is 14.3. The van der Waals surface area contributed by atoms with Crippen molar-refractivity contribution < 1.29 is 30.0 Å². The topological polar surface area (TPSA) is 107 Å². The van der Waals surface area contributed by atoms with E-state index in [2.05, 4.69) is 0 Å². The molecule has 1 spiro atoms. The highest BCUT2D eigenvalue weighted by Gasteiger charge is 2.57. The van der Waals surface area contributed by atoms with E-state index < -0.39 is 28.5 Å². The van der Waals surface area contributed by atoms with Crippen molar-refractivity contribution >= 4 is 29.1 Å². The molecule has 6 nitrogen and oxygen atoms in total. The number of carbonyl (C=O) groups is 1. The van der Waals surface area contributed by atoms with Crippen LogP contribution in [0, 0.1) is 0 Å². The average molecular weight is 451 g/mol. The van der Waals surface area contributed by atoms with E-state index >= 15 is 0 Å². The molecule has 2 heterocycles. The zero-order valence-corrected chi connectivity index (χ0v) is 17.9. The SMILES string of the molecule is CC(=O)c1ccc(Cc2cc3c(cc2Cl)CO[C@]32S[C@H](CO)[C@@H](O)[C@H](O)[C@H]2O)cc1. The number of halogens is 1. The third kappa shape index (κ3) is 3.58. The Labute approximate surface area is 183 Å². The van der Waals surface area contributed by atoms with Crippen molar-refractivity contribution in [1.29, 1.82) is 0 Å². The average Bonchev–Trinajstić information content (AvgIpc) is 3.08. The van der Waals surface area contributed by atoms with Gasteiger partial charge in [0.2, 0.25) is 0 Å². The Hall–Kier alpha value is -1.45. The second-order valence-electron chi connectivity index (χ2n) is 7.75. The number of fused-ring (bicyclic) bond motifs is 2. The van der Waals surface area contributed by atoms with Gasteiger partial charge in [-0.05, 0) is 42.2 Å². The lowest BCUT2D eigenvalue weighted by Gasteiger charge is -2.45. The molecule has 4 N–H and O–H groups in total. The predicted octanol–water partition coefficient (Wildman–Crippen LogP) is 2.01. The van der Waals surface area contributed by atoms with Crippen LogP contribution in [0.25, 0.3) is 0 Å². The highest BCUT2D eigenvalue weighted by molar-refractivity contribution is 8.00. The Kier molecular flexibility index (Phi) is 5.98. The number of thioether (sulfide) groups is 1. The molecule has 0 radical (unpaired) electrons. The summed E-state index contributed by atoms with van der Waals surface area (Å²) in [7, 11) is 0. The van der Waals surface area contributed by atoms with Crippen LogP contribution in [0.5, 0.6) is 0 Å². The van der Waals surface area contributed by atoms with E-state index in [0.29, 0.717) is 22.6 Å². The van der Waals surface area contributed by atoms with Gasteiger partial charge in [0.15, 0.2) is 10.7 Å². The maximum absolute atomic E-state index is 11.5. The molecule has 1 saturated heterocycles. The molecule has 160 valence electrons. The van der Waals surface area contributed by atoms with E-state index in [-0.39, 0.29) is 19.0 Å². The van der Waals surface area contributed by atoms with Crippen LogP contribution in [0.4, 0.5) is 0 Å². The van der Waals surface area contributed by atoms with E-state index in [4.69, 9.17) is 16.3 Å². The van der Waals surface area contributed by atoms with Crippen LogP contribution < -0.4 is 0 Å². The van der Waals surface area contributed by atoms with Crippen LogP contribution in [0.3, 0.4) is 0 Å². The Morgan fingerprint density at radius 2 is 1.90 bits per heavy atom. The maximum Gasteiger partial charge on any atom is 0.168 e. The van der Waals surface area contributed by atoms with Crippen molar-refractivity contribution in [3.8, 4) is 0 Å². The molecule has 2 aromatic carbocycles. The fourth-order valence-electron chi connectivity index (χ4n) is 4.06. The molecule has 8 heteroatoms. The third-order valence-corrected chi connectivity index (χ3v) is 7.81. The summed E-state index contributed by atoms with van der Waals surface area (Å²) in [5, 5.41) is 40.8. The molecule has 0 unspecified atom stereocenters. The van der Waals surface area contributed by atoms with Crippen molar-refractivity contribution in [2.75, 3.05) is 6.61 Å². The summed E-state index contributed by atoms with van der Waals surface area (Å²) >= 11 is 7.62. The minimum atomic E-state index is -1.45. The van der Waals surface area contributed by atoms with Crippen LogP contribution >= 0.6 is 23.4 Å². The molecular weight excluding hydrogens is 428 g/mol. The van der Waals surface area contributed by atoms with Crippen LogP contribution in [0.2, 0.25) is 5.02 Å². The first-order valence-corrected chi connectivity index (χ1v) is 10.9. The minimum absolute atomic E-state index is 0.00121. The Balaban J connectivity index is 1.70. The molecule has 0 aromatic heterocycles. The van der Waals surface area contributed by atoms with Crippen molar-refractivity contribution in [2.45, 2.75) is 48.4 Å². The van der Waals surface area contributed by atoms with Crippen LogP contribution in [0.1, 0.15) is 39.5 Å². The molecule has 2 aliphatic heterocycles. The summed E-state index contributed by atoms with van der Waals surface area (Å²) in [5.74, 6) is -0.00121. The number of hydrogen-bond acceptors (Lipinski definition) is 7. The number of benzene rings is 2. The van der Waals surface area contributed by atoms with E-state index in [1.807, 2.05) is 18.2 Å². The van der Waals surface area contributed by atoms with Gasteiger partial charge in [0.05, 0.1) is 24.6 Å². The fourth-order valence-corrected chi connectivity index (χ4v) is 5.86. The second kappa shape index (κ2) is 8.24. The van der Waals surface area contributed by atoms with Crippen LogP contribution in [-0.2, 0) is 22.7 Å². The molecule has 1 fully saturated rings. The zero-order chi connectivity index (χ0) is 21.6. The van der Waals surface area contributed by atoms with Gasteiger partial charge in [-0.25, -0.2) is 0 Å². The number of aliphatic hydroxyl groups excluding tert-OH is 4. The van der Waals surface area contributed by atoms with Crippen molar-refractivity contribution in [3.63, 3.8) is 0 Å². The first kappa shape index (κ1) is 21.8. The van der Waals surface area contributed by atoms with E-state index in [9.17, 15) is 25.2 Å².